The molecule has 3 aromatic carbocycles. The lowest BCUT2D eigenvalue weighted by atomic mass is 10.1. The van der Waals surface area contributed by atoms with Crippen LogP contribution in [0.1, 0.15) is 22.3 Å². The second-order valence-corrected chi connectivity index (χ2v) is 8.09. The van der Waals surface area contributed by atoms with Gasteiger partial charge >= 0.3 is 0 Å². The number of aromatic nitrogens is 3. The van der Waals surface area contributed by atoms with Crippen molar-refractivity contribution in [2.45, 2.75) is 17.0 Å². The van der Waals surface area contributed by atoms with Gasteiger partial charge in [-0.2, -0.15) is 0 Å². The Morgan fingerprint density at radius 3 is 2.75 bits per heavy atom. The van der Waals surface area contributed by atoms with E-state index in [1.807, 2.05) is 47.1 Å². The number of thioether (sulfide) groups is 1. The maximum Gasteiger partial charge on any atom is 0.212 e. The van der Waals surface area contributed by atoms with Crippen LogP contribution in [0, 0.1) is 0 Å². The number of rotatable bonds is 4. The summed E-state index contributed by atoms with van der Waals surface area (Å²) in [5.41, 5.74) is 5.71. The van der Waals surface area contributed by atoms with Crippen LogP contribution in [0.25, 0.3) is 10.8 Å². The molecule has 1 N–H and O–H groups in total. The van der Waals surface area contributed by atoms with Crippen molar-refractivity contribution in [3.8, 4) is 5.75 Å². The predicted molar refractivity (Wildman–Crippen MR) is 113 cm³/mol. The van der Waals surface area contributed by atoms with Crippen molar-refractivity contribution >= 4 is 34.1 Å². The van der Waals surface area contributed by atoms with Crippen molar-refractivity contribution in [2.24, 2.45) is 0 Å². The molecule has 1 unspecified atom stereocenters. The summed E-state index contributed by atoms with van der Waals surface area (Å²) in [7, 11) is 1.67. The van der Waals surface area contributed by atoms with Gasteiger partial charge in [-0.25, -0.2) is 4.68 Å². The minimum absolute atomic E-state index is 0.0249. The van der Waals surface area contributed by atoms with Crippen LogP contribution in [0.15, 0.2) is 65.8 Å². The zero-order valence-corrected chi connectivity index (χ0v) is 16.7. The second-order valence-electron chi connectivity index (χ2n) is 6.61. The van der Waals surface area contributed by atoms with E-state index in [4.69, 9.17) is 16.3 Å². The summed E-state index contributed by atoms with van der Waals surface area (Å²) in [6.45, 7) is 0. The Morgan fingerprint density at radius 1 is 1.07 bits per heavy atom. The van der Waals surface area contributed by atoms with E-state index in [9.17, 15) is 0 Å². The molecule has 5 rings (SSSR count). The Kier molecular flexibility index (Phi) is 4.37. The molecule has 0 amide bonds. The third-order valence-electron chi connectivity index (χ3n) is 4.82. The number of benzene rings is 3. The van der Waals surface area contributed by atoms with Crippen molar-refractivity contribution in [3.05, 3.63) is 82.6 Å². The van der Waals surface area contributed by atoms with E-state index in [0.717, 1.165) is 44.5 Å². The van der Waals surface area contributed by atoms with Gasteiger partial charge in [-0.1, -0.05) is 59.8 Å². The highest BCUT2D eigenvalue weighted by Crippen LogP contribution is 2.42. The Hall–Kier alpha value is -2.70. The number of halogens is 1. The Bertz CT molecular complexity index is 1160. The summed E-state index contributed by atoms with van der Waals surface area (Å²) >= 11 is 8.22. The van der Waals surface area contributed by atoms with Crippen LogP contribution in [-0.4, -0.2) is 22.0 Å². The molecule has 0 spiro atoms. The van der Waals surface area contributed by atoms with Gasteiger partial charge in [0.2, 0.25) is 5.16 Å². The quantitative estimate of drug-likeness (QED) is 0.513. The number of methoxy groups -OCH3 is 1. The van der Waals surface area contributed by atoms with Crippen molar-refractivity contribution in [1.29, 1.82) is 0 Å². The lowest BCUT2D eigenvalue weighted by Crippen LogP contribution is -2.16. The second kappa shape index (κ2) is 7.04. The highest BCUT2D eigenvalue weighted by atomic mass is 35.5. The number of nitrogens with one attached hydrogen (secondary N) is 1. The maximum atomic E-state index is 6.61. The van der Waals surface area contributed by atoms with Gasteiger partial charge in [0, 0.05) is 17.0 Å². The topological polar surface area (TPSA) is 52.0 Å². The molecule has 0 aliphatic carbocycles. The smallest absolute Gasteiger partial charge is 0.212 e. The van der Waals surface area contributed by atoms with Gasteiger partial charge in [0.1, 0.15) is 11.1 Å². The molecule has 0 radical (unpaired) electrons. The Balaban J connectivity index is 1.45. The van der Waals surface area contributed by atoms with Crippen LogP contribution in [0.5, 0.6) is 5.75 Å². The van der Waals surface area contributed by atoms with E-state index in [1.165, 1.54) is 5.56 Å². The summed E-state index contributed by atoms with van der Waals surface area (Å²) in [6.07, 6.45) is 0.719. The van der Waals surface area contributed by atoms with Gasteiger partial charge in [-0.05, 0) is 40.6 Å². The largest absolute Gasteiger partial charge is 0.497 e. The molecule has 0 saturated carbocycles. The van der Waals surface area contributed by atoms with Crippen LogP contribution in [0.3, 0.4) is 0 Å². The first-order valence-electron chi connectivity index (χ1n) is 8.90. The summed E-state index contributed by atoms with van der Waals surface area (Å²) in [6, 6.07) is 20.4. The van der Waals surface area contributed by atoms with Crippen LogP contribution in [0.2, 0.25) is 5.02 Å². The van der Waals surface area contributed by atoms with E-state index in [0.29, 0.717) is 0 Å². The molecule has 140 valence electrons. The van der Waals surface area contributed by atoms with Crippen LogP contribution in [0.4, 0.5) is 0 Å². The lowest BCUT2D eigenvalue weighted by molar-refractivity contribution is 0.415. The van der Waals surface area contributed by atoms with Gasteiger partial charge in [-0.15, -0.1) is 10.2 Å². The van der Waals surface area contributed by atoms with Gasteiger partial charge in [0.25, 0.3) is 0 Å². The molecule has 2 heterocycles. The molecule has 5 nitrogen and oxygen atoms in total. The molecular weight excluding hydrogens is 392 g/mol. The third-order valence-corrected chi connectivity index (χ3v) is 6.22. The normalized spacial score (nSPS) is 15.4. The Labute approximate surface area is 171 Å². The minimum Gasteiger partial charge on any atom is -0.497 e. The number of hydrogen-bond acceptors (Lipinski definition) is 5. The van der Waals surface area contributed by atoms with Gasteiger partial charge < -0.3 is 10.2 Å². The fourth-order valence-corrected chi connectivity index (χ4v) is 4.76. The van der Waals surface area contributed by atoms with Crippen molar-refractivity contribution in [2.75, 3.05) is 12.5 Å². The SMILES string of the molecule is COc1ccc2cc(Cl)c(C3Nn4c(Cc5ccccc5)nnc4S3)cc2c1. The van der Waals surface area contributed by atoms with E-state index < -0.39 is 0 Å². The van der Waals surface area contributed by atoms with Crippen molar-refractivity contribution in [3.63, 3.8) is 0 Å². The monoisotopic (exact) mass is 408 g/mol. The predicted octanol–water partition coefficient (Wildman–Crippen LogP) is 5.03. The van der Waals surface area contributed by atoms with E-state index in [-0.39, 0.29) is 5.37 Å². The van der Waals surface area contributed by atoms with Crippen LogP contribution < -0.4 is 10.2 Å². The number of nitrogens with zero attached hydrogens (tertiary/aromatic N) is 3. The Morgan fingerprint density at radius 2 is 1.93 bits per heavy atom. The zero-order chi connectivity index (χ0) is 19.1. The van der Waals surface area contributed by atoms with Crippen LogP contribution >= 0.6 is 23.4 Å². The molecule has 4 aromatic rings. The average Bonchev–Trinajstić information content (AvgIpc) is 3.30. The first-order valence-corrected chi connectivity index (χ1v) is 10.2. The molecule has 0 bridgehead atoms. The molecule has 1 aliphatic rings. The fourth-order valence-electron chi connectivity index (χ4n) is 3.37. The zero-order valence-electron chi connectivity index (χ0n) is 15.1. The van der Waals surface area contributed by atoms with Crippen molar-refractivity contribution in [1.82, 2.24) is 14.9 Å². The lowest BCUT2D eigenvalue weighted by Gasteiger charge is -2.15. The fraction of sp³-hybridized carbons (Fsp3) is 0.143. The number of fused-ring (bicyclic) bond motifs is 2. The summed E-state index contributed by atoms with van der Waals surface area (Å²) in [4.78, 5) is 0. The minimum atomic E-state index is -0.0249. The summed E-state index contributed by atoms with van der Waals surface area (Å²) < 4.78 is 7.32. The molecule has 1 aliphatic heterocycles. The first-order chi connectivity index (χ1) is 13.7. The van der Waals surface area contributed by atoms with E-state index in [1.54, 1.807) is 18.9 Å². The van der Waals surface area contributed by atoms with E-state index >= 15 is 0 Å². The van der Waals surface area contributed by atoms with Crippen LogP contribution in [-0.2, 0) is 6.42 Å². The number of hydrogen-bond donors (Lipinski definition) is 1. The standard InChI is InChI=1S/C21H17ClN4OS/c1-27-16-8-7-14-12-18(22)17(11-15(14)10-16)20-25-26-19(23-24-21(26)28-20)9-13-5-3-2-4-6-13/h2-8,10-12,20,25H,9H2,1H3. The molecule has 28 heavy (non-hydrogen) atoms. The molecular formula is C21H17ClN4OS. The summed E-state index contributed by atoms with van der Waals surface area (Å²) in [5, 5.41) is 12.4. The molecule has 0 saturated heterocycles. The maximum absolute atomic E-state index is 6.61. The average molecular weight is 409 g/mol. The first kappa shape index (κ1) is 17.4. The highest BCUT2D eigenvalue weighted by molar-refractivity contribution is 7.99. The number of ether oxygens (including phenoxy) is 1. The molecule has 1 aromatic heterocycles. The molecule has 1 atom stereocenters. The van der Waals surface area contributed by atoms with Gasteiger partial charge in [0.15, 0.2) is 5.82 Å². The van der Waals surface area contributed by atoms with Crippen molar-refractivity contribution < 1.29 is 4.74 Å². The van der Waals surface area contributed by atoms with Gasteiger partial charge in [0.05, 0.1) is 7.11 Å². The molecule has 0 fully saturated rings. The summed E-state index contributed by atoms with van der Waals surface area (Å²) in [5.74, 6) is 1.71. The van der Waals surface area contributed by atoms with Gasteiger partial charge in [-0.3, -0.25) is 0 Å². The van der Waals surface area contributed by atoms with E-state index in [2.05, 4.69) is 33.8 Å². The molecule has 7 heteroatoms. The highest BCUT2D eigenvalue weighted by Gasteiger charge is 2.29. The third kappa shape index (κ3) is 3.08.